The number of carbonyl (C=O) groups excluding carboxylic acids is 1. The molecule has 1 aromatic rings. The molecule has 1 aliphatic carbocycles. The summed E-state index contributed by atoms with van der Waals surface area (Å²) >= 11 is 0. The summed E-state index contributed by atoms with van der Waals surface area (Å²) in [4.78, 5) is 12.3. The molecule has 110 valence electrons. The molecule has 1 fully saturated rings. The van der Waals surface area contributed by atoms with Crippen molar-refractivity contribution < 1.29 is 15.0 Å². The molecule has 0 unspecified atom stereocenters. The summed E-state index contributed by atoms with van der Waals surface area (Å²) in [5.74, 6) is 0.0223. The summed E-state index contributed by atoms with van der Waals surface area (Å²) in [6.07, 6.45) is 3.79. The third-order valence-corrected chi connectivity index (χ3v) is 4.23. The minimum Gasteiger partial charge on any atom is -0.508 e. The molecule has 0 radical (unpaired) electrons. The normalized spacial score (nSPS) is 26.2. The monoisotopic (exact) mass is 278 g/mol. The number of nitrogens with one attached hydrogen (secondary N) is 1. The minimum absolute atomic E-state index is 0.0703. The molecule has 0 atom stereocenters. The molecular formula is C15H22N2O3. The van der Waals surface area contributed by atoms with Crippen LogP contribution in [0.15, 0.2) is 18.2 Å². The van der Waals surface area contributed by atoms with Crippen LogP contribution in [0, 0.1) is 5.92 Å². The summed E-state index contributed by atoms with van der Waals surface area (Å²) in [5, 5.41) is 22.0. The zero-order valence-electron chi connectivity index (χ0n) is 11.7. The second-order valence-electron chi connectivity index (χ2n) is 5.82. The lowest BCUT2D eigenvalue weighted by Crippen LogP contribution is -2.55. The number of phenolic OH excluding ortho intramolecular Hbond substituents is 2. The molecule has 1 aliphatic rings. The highest BCUT2D eigenvalue weighted by atomic mass is 16.3. The Balaban J connectivity index is 2.13. The van der Waals surface area contributed by atoms with E-state index < -0.39 is 0 Å². The van der Waals surface area contributed by atoms with Crippen molar-refractivity contribution in [1.82, 2.24) is 5.32 Å². The fourth-order valence-electron chi connectivity index (χ4n) is 2.72. The maximum absolute atomic E-state index is 12.3. The molecule has 1 amide bonds. The molecule has 5 heteroatoms. The first-order valence-electron chi connectivity index (χ1n) is 7.00. The Morgan fingerprint density at radius 2 is 2.05 bits per heavy atom. The van der Waals surface area contributed by atoms with E-state index in [1.54, 1.807) is 0 Å². The lowest BCUT2D eigenvalue weighted by Gasteiger charge is -2.39. The number of nitrogens with two attached hydrogens (primary N) is 1. The van der Waals surface area contributed by atoms with Gasteiger partial charge in [0.05, 0.1) is 11.1 Å². The van der Waals surface area contributed by atoms with E-state index in [9.17, 15) is 15.0 Å². The summed E-state index contributed by atoms with van der Waals surface area (Å²) in [5.41, 5.74) is 5.64. The average Bonchev–Trinajstić information content (AvgIpc) is 2.41. The lowest BCUT2D eigenvalue weighted by molar-refractivity contribution is 0.0857. The minimum atomic E-state index is -0.381. The van der Waals surface area contributed by atoms with Crippen LogP contribution in [0.25, 0.3) is 0 Å². The number of rotatable bonds is 3. The molecule has 0 saturated heterocycles. The average molecular weight is 278 g/mol. The summed E-state index contributed by atoms with van der Waals surface area (Å²) < 4.78 is 0. The molecule has 5 nitrogen and oxygen atoms in total. The number of amides is 1. The predicted octanol–water partition coefficient (Wildman–Crippen LogP) is 1.74. The van der Waals surface area contributed by atoms with Crippen LogP contribution in [-0.2, 0) is 0 Å². The second-order valence-corrected chi connectivity index (χ2v) is 5.82. The number of hydrogen-bond acceptors (Lipinski definition) is 4. The lowest BCUT2D eigenvalue weighted by atomic mass is 9.77. The van der Waals surface area contributed by atoms with E-state index in [4.69, 9.17) is 5.73 Å². The molecule has 1 saturated carbocycles. The van der Waals surface area contributed by atoms with E-state index in [1.807, 2.05) is 0 Å². The van der Waals surface area contributed by atoms with Crippen LogP contribution in [0.3, 0.4) is 0 Å². The van der Waals surface area contributed by atoms with Crippen molar-refractivity contribution in [3.8, 4) is 11.5 Å². The van der Waals surface area contributed by atoms with Crippen molar-refractivity contribution in [2.75, 3.05) is 6.54 Å². The van der Waals surface area contributed by atoms with E-state index in [2.05, 4.69) is 12.2 Å². The smallest absolute Gasteiger partial charge is 0.255 e. The third kappa shape index (κ3) is 3.04. The maximum atomic E-state index is 12.3. The molecule has 0 spiro atoms. The molecule has 1 aromatic carbocycles. The van der Waals surface area contributed by atoms with Gasteiger partial charge in [-0.2, -0.15) is 0 Å². The van der Waals surface area contributed by atoms with Gasteiger partial charge >= 0.3 is 0 Å². The third-order valence-electron chi connectivity index (χ3n) is 4.23. The van der Waals surface area contributed by atoms with Gasteiger partial charge in [-0.25, -0.2) is 0 Å². The Labute approximate surface area is 118 Å². The van der Waals surface area contributed by atoms with Crippen LogP contribution in [0.1, 0.15) is 43.0 Å². The Hall–Kier alpha value is -1.75. The van der Waals surface area contributed by atoms with Crippen LogP contribution >= 0.6 is 0 Å². The fourth-order valence-corrected chi connectivity index (χ4v) is 2.72. The zero-order valence-corrected chi connectivity index (χ0v) is 11.7. The van der Waals surface area contributed by atoms with Gasteiger partial charge in [-0.15, -0.1) is 0 Å². The van der Waals surface area contributed by atoms with Gasteiger partial charge < -0.3 is 21.3 Å². The van der Waals surface area contributed by atoms with Gasteiger partial charge in [0, 0.05) is 12.6 Å². The van der Waals surface area contributed by atoms with Crippen molar-refractivity contribution in [1.29, 1.82) is 0 Å². The fraction of sp³-hybridized carbons (Fsp3) is 0.533. The van der Waals surface area contributed by atoms with Crippen molar-refractivity contribution in [2.24, 2.45) is 11.7 Å². The highest BCUT2D eigenvalue weighted by Gasteiger charge is 2.34. The number of hydrogen-bond donors (Lipinski definition) is 4. The second kappa shape index (κ2) is 5.71. The van der Waals surface area contributed by atoms with Crippen LogP contribution in [0.4, 0.5) is 0 Å². The van der Waals surface area contributed by atoms with Gasteiger partial charge in [-0.1, -0.05) is 6.92 Å². The molecule has 0 bridgehead atoms. The standard InChI is InChI=1S/C15H22N2O3/c1-10-4-6-15(9-16,7-5-10)17-14(20)12-3-2-11(18)8-13(12)19/h2-3,8,10,18-19H,4-7,9,16H2,1H3,(H,17,20). The van der Waals surface area contributed by atoms with Gasteiger partial charge in [0.1, 0.15) is 11.5 Å². The maximum Gasteiger partial charge on any atom is 0.255 e. The van der Waals surface area contributed by atoms with E-state index in [0.717, 1.165) is 31.7 Å². The molecule has 5 N–H and O–H groups in total. The summed E-state index contributed by atoms with van der Waals surface area (Å²) in [6.45, 7) is 2.60. The van der Waals surface area contributed by atoms with Gasteiger partial charge in [-0.05, 0) is 43.7 Å². The Kier molecular flexibility index (Phi) is 4.18. The number of carbonyl (C=O) groups is 1. The molecule has 0 aliphatic heterocycles. The number of benzene rings is 1. The van der Waals surface area contributed by atoms with E-state index in [-0.39, 0.29) is 28.5 Å². The van der Waals surface area contributed by atoms with Crippen LogP contribution < -0.4 is 11.1 Å². The van der Waals surface area contributed by atoms with Gasteiger partial charge in [-0.3, -0.25) is 4.79 Å². The molecule has 20 heavy (non-hydrogen) atoms. The van der Waals surface area contributed by atoms with Gasteiger partial charge in [0.15, 0.2) is 0 Å². The molecule has 2 rings (SSSR count). The summed E-state index contributed by atoms with van der Waals surface area (Å²) in [7, 11) is 0. The SMILES string of the molecule is CC1CCC(CN)(NC(=O)c2ccc(O)cc2O)CC1. The van der Waals surface area contributed by atoms with Crippen molar-refractivity contribution >= 4 is 5.91 Å². The molecule has 0 heterocycles. The quantitative estimate of drug-likeness (QED) is 0.677. The largest absolute Gasteiger partial charge is 0.508 e. The van der Waals surface area contributed by atoms with E-state index >= 15 is 0 Å². The zero-order chi connectivity index (χ0) is 14.8. The molecular weight excluding hydrogens is 256 g/mol. The first-order valence-corrected chi connectivity index (χ1v) is 7.00. The van der Waals surface area contributed by atoms with Crippen molar-refractivity contribution in [3.63, 3.8) is 0 Å². The van der Waals surface area contributed by atoms with Crippen molar-refractivity contribution in [3.05, 3.63) is 23.8 Å². The molecule has 0 aromatic heterocycles. The van der Waals surface area contributed by atoms with Crippen LogP contribution in [0.2, 0.25) is 0 Å². The highest BCUT2D eigenvalue weighted by Crippen LogP contribution is 2.32. The predicted molar refractivity (Wildman–Crippen MR) is 76.7 cm³/mol. The van der Waals surface area contributed by atoms with Crippen LogP contribution in [-0.4, -0.2) is 28.2 Å². The first-order chi connectivity index (χ1) is 9.46. The van der Waals surface area contributed by atoms with Gasteiger partial charge in [0.2, 0.25) is 0 Å². The highest BCUT2D eigenvalue weighted by molar-refractivity contribution is 5.97. The number of aromatic hydroxyl groups is 2. The summed E-state index contributed by atoms with van der Waals surface area (Å²) in [6, 6.07) is 3.95. The Bertz CT molecular complexity index is 494. The van der Waals surface area contributed by atoms with Crippen molar-refractivity contribution in [2.45, 2.75) is 38.1 Å². The Morgan fingerprint density at radius 3 is 2.60 bits per heavy atom. The Morgan fingerprint density at radius 1 is 1.40 bits per heavy atom. The van der Waals surface area contributed by atoms with E-state index in [1.165, 1.54) is 12.1 Å². The topological polar surface area (TPSA) is 95.6 Å². The van der Waals surface area contributed by atoms with E-state index in [0.29, 0.717) is 12.5 Å². The van der Waals surface area contributed by atoms with Crippen LogP contribution in [0.5, 0.6) is 11.5 Å². The van der Waals surface area contributed by atoms with Gasteiger partial charge in [0.25, 0.3) is 5.91 Å². The number of phenols is 2. The first kappa shape index (κ1) is 14.7.